The van der Waals surface area contributed by atoms with Crippen molar-refractivity contribution in [3.63, 3.8) is 0 Å². The summed E-state index contributed by atoms with van der Waals surface area (Å²) in [5.74, 6) is -0.323. The third-order valence-electron chi connectivity index (χ3n) is 4.26. The Morgan fingerprint density at radius 1 is 1.11 bits per heavy atom. The monoisotopic (exact) mass is 422 g/mol. The molecule has 2 aromatic carbocycles. The Bertz CT molecular complexity index is 1090. The number of thiophene rings is 1. The van der Waals surface area contributed by atoms with Crippen LogP contribution in [-0.4, -0.2) is 31.7 Å². The number of nitrogens with zero attached hydrogens (tertiary/aromatic N) is 1. The van der Waals surface area contributed by atoms with Crippen molar-refractivity contribution in [2.45, 2.75) is 24.8 Å². The lowest BCUT2D eigenvalue weighted by Crippen LogP contribution is -2.33. The van der Waals surface area contributed by atoms with Gasteiger partial charge in [0.2, 0.25) is 10.0 Å². The molecule has 0 saturated heterocycles. The predicted octanol–water partition coefficient (Wildman–Crippen LogP) is 4.84. The minimum absolute atomic E-state index is 0.149. The number of benzene rings is 2. The fourth-order valence-electron chi connectivity index (χ4n) is 2.50. The van der Waals surface area contributed by atoms with E-state index in [0.29, 0.717) is 15.6 Å². The maximum absolute atomic E-state index is 12.6. The van der Waals surface area contributed by atoms with Gasteiger partial charge in [-0.2, -0.15) is 4.31 Å². The van der Waals surface area contributed by atoms with Crippen molar-refractivity contribution in [3.05, 3.63) is 58.4 Å². The van der Waals surface area contributed by atoms with Crippen LogP contribution in [0, 0.1) is 0 Å². The Kier molecular flexibility index (Phi) is 5.58. The normalized spacial score (nSPS) is 12.1. The lowest BCUT2D eigenvalue weighted by atomic mass is 10.2. The van der Waals surface area contributed by atoms with Crippen molar-refractivity contribution >= 4 is 54.6 Å². The van der Waals surface area contributed by atoms with Crippen LogP contribution in [0.2, 0.25) is 5.02 Å². The molecule has 0 bridgehead atoms. The third-order valence-corrected chi connectivity index (χ3v) is 7.98. The van der Waals surface area contributed by atoms with E-state index in [1.165, 1.54) is 27.8 Å². The first kappa shape index (κ1) is 19.8. The van der Waals surface area contributed by atoms with E-state index in [1.54, 1.807) is 33.0 Å². The zero-order valence-electron chi connectivity index (χ0n) is 15.1. The Morgan fingerprint density at radius 3 is 2.33 bits per heavy atom. The molecule has 0 radical (unpaired) electrons. The van der Waals surface area contributed by atoms with Gasteiger partial charge in [-0.1, -0.05) is 29.8 Å². The van der Waals surface area contributed by atoms with Crippen LogP contribution in [0.25, 0.3) is 10.1 Å². The first-order chi connectivity index (χ1) is 12.7. The molecular weight excluding hydrogens is 404 g/mol. The van der Waals surface area contributed by atoms with Gasteiger partial charge in [0.15, 0.2) is 0 Å². The number of amides is 1. The number of fused-ring (bicyclic) bond motifs is 1. The van der Waals surface area contributed by atoms with E-state index in [9.17, 15) is 13.2 Å². The van der Waals surface area contributed by atoms with E-state index in [1.807, 2.05) is 24.3 Å². The highest BCUT2D eigenvalue weighted by atomic mass is 35.5. The van der Waals surface area contributed by atoms with Crippen molar-refractivity contribution in [3.8, 4) is 0 Å². The molecule has 0 aliphatic heterocycles. The molecule has 0 fully saturated rings. The zero-order chi connectivity index (χ0) is 19.8. The third kappa shape index (κ3) is 3.87. The zero-order valence-corrected chi connectivity index (χ0v) is 17.5. The number of nitrogens with one attached hydrogen (secondary N) is 1. The molecular formula is C19H19ClN2O3S2. The van der Waals surface area contributed by atoms with Crippen molar-refractivity contribution in [1.29, 1.82) is 0 Å². The molecule has 0 aliphatic carbocycles. The smallest absolute Gasteiger partial charge is 0.267 e. The van der Waals surface area contributed by atoms with Gasteiger partial charge in [0.25, 0.3) is 5.91 Å². The van der Waals surface area contributed by atoms with Crippen LogP contribution in [0.3, 0.4) is 0 Å². The van der Waals surface area contributed by atoms with Crippen LogP contribution in [0.15, 0.2) is 53.4 Å². The van der Waals surface area contributed by atoms with E-state index in [-0.39, 0.29) is 16.8 Å². The van der Waals surface area contributed by atoms with Crippen LogP contribution in [0.5, 0.6) is 0 Å². The fourth-order valence-corrected chi connectivity index (χ4v) is 5.28. The average Bonchev–Trinajstić information content (AvgIpc) is 2.98. The number of sulfonamides is 1. The molecule has 5 nitrogen and oxygen atoms in total. The Balaban J connectivity index is 1.82. The SMILES string of the molecule is CC(C)N(C)S(=O)(=O)c1ccc(NC(=O)c2sc3ccccc3c2Cl)cc1. The molecule has 3 rings (SSSR count). The maximum atomic E-state index is 12.6. The first-order valence-electron chi connectivity index (χ1n) is 8.28. The predicted molar refractivity (Wildman–Crippen MR) is 111 cm³/mol. The van der Waals surface area contributed by atoms with Gasteiger partial charge in [-0.05, 0) is 44.2 Å². The molecule has 0 atom stereocenters. The van der Waals surface area contributed by atoms with E-state index in [4.69, 9.17) is 11.6 Å². The molecule has 1 aromatic heterocycles. The van der Waals surface area contributed by atoms with Crippen molar-refractivity contribution < 1.29 is 13.2 Å². The number of carbonyl (C=O) groups is 1. The standard InChI is InChI=1S/C19H19ClN2O3S2/c1-12(2)22(3)27(24,25)14-10-8-13(9-11-14)21-19(23)18-17(20)15-6-4-5-7-16(15)26-18/h4-12H,1-3H3,(H,21,23). The summed E-state index contributed by atoms with van der Waals surface area (Å²) >= 11 is 7.65. The van der Waals surface area contributed by atoms with Gasteiger partial charge in [0.1, 0.15) is 4.88 Å². The second kappa shape index (κ2) is 7.59. The fraction of sp³-hybridized carbons (Fsp3) is 0.211. The molecule has 142 valence electrons. The topological polar surface area (TPSA) is 66.5 Å². The molecule has 3 aromatic rings. The summed E-state index contributed by atoms with van der Waals surface area (Å²) < 4.78 is 27.2. The minimum atomic E-state index is -3.56. The molecule has 0 saturated carbocycles. The molecule has 1 amide bonds. The lowest BCUT2D eigenvalue weighted by molar-refractivity contribution is 0.103. The van der Waals surface area contributed by atoms with Crippen molar-refractivity contribution in [2.75, 3.05) is 12.4 Å². The summed E-state index contributed by atoms with van der Waals surface area (Å²) in [6.45, 7) is 3.61. The van der Waals surface area contributed by atoms with Gasteiger partial charge in [-0.3, -0.25) is 4.79 Å². The van der Waals surface area contributed by atoms with Gasteiger partial charge in [-0.15, -0.1) is 11.3 Å². The largest absolute Gasteiger partial charge is 0.321 e. The summed E-state index contributed by atoms with van der Waals surface area (Å²) in [7, 11) is -2.02. The average molecular weight is 423 g/mol. The highest BCUT2D eigenvalue weighted by molar-refractivity contribution is 7.89. The summed E-state index contributed by atoms with van der Waals surface area (Å²) in [6, 6.07) is 13.5. The van der Waals surface area contributed by atoms with Crippen LogP contribution >= 0.6 is 22.9 Å². The van der Waals surface area contributed by atoms with Crippen LogP contribution in [0.1, 0.15) is 23.5 Å². The summed E-state index contributed by atoms with van der Waals surface area (Å²) in [4.78, 5) is 13.2. The Hall–Kier alpha value is -1.93. The minimum Gasteiger partial charge on any atom is -0.321 e. The molecule has 0 unspecified atom stereocenters. The molecule has 1 N–H and O–H groups in total. The summed E-state index contributed by atoms with van der Waals surface area (Å²) in [5.41, 5.74) is 0.500. The molecule has 0 aliphatic rings. The number of hydrogen-bond acceptors (Lipinski definition) is 4. The van der Waals surface area contributed by atoms with E-state index in [0.717, 1.165) is 10.1 Å². The first-order valence-corrected chi connectivity index (χ1v) is 10.9. The Morgan fingerprint density at radius 2 is 1.74 bits per heavy atom. The maximum Gasteiger partial charge on any atom is 0.267 e. The molecule has 27 heavy (non-hydrogen) atoms. The molecule has 8 heteroatoms. The number of carbonyl (C=O) groups excluding carboxylic acids is 1. The van der Waals surface area contributed by atoms with Gasteiger partial charge < -0.3 is 5.32 Å². The highest BCUT2D eigenvalue weighted by Gasteiger charge is 2.23. The summed E-state index contributed by atoms with van der Waals surface area (Å²) in [5, 5.41) is 4.03. The van der Waals surface area contributed by atoms with Crippen LogP contribution in [0.4, 0.5) is 5.69 Å². The van der Waals surface area contributed by atoms with Crippen molar-refractivity contribution in [2.24, 2.45) is 0 Å². The van der Waals surface area contributed by atoms with E-state index in [2.05, 4.69) is 5.32 Å². The number of halogens is 1. The van der Waals surface area contributed by atoms with Crippen LogP contribution < -0.4 is 5.32 Å². The highest BCUT2D eigenvalue weighted by Crippen LogP contribution is 2.35. The van der Waals surface area contributed by atoms with Crippen LogP contribution in [-0.2, 0) is 10.0 Å². The second-order valence-corrected chi connectivity index (χ2v) is 9.76. The molecule has 0 spiro atoms. The Labute approximate surface area is 167 Å². The van der Waals surface area contributed by atoms with Gasteiger partial charge in [0, 0.05) is 28.9 Å². The quantitative estimate of drug-likeness (QED) is 0.640. The van der Waals surface area contributed by atoms with Gasteiger partial charge in [-0.25, -0.2) is 8.42 Å². The van der Waals surface area contributed by atoms with Gasteiger partial charge >= 0.3 is 0 Å². The summed E-state index contributed by atoms with van der Waals surface area (Å²) in [6.07, 6.45) is 0. The number of anilines is 1. The van der Waals surface area contributed by atoms with E-state index < -0.39 is 10.0 Å². The second-order valence-electron chi connectivity index (χ2n) is 6.33. The van der Waals surface area contributed by atoms with Crippen molar-refractivity contribution in [1.82, 2.24) is 4.31 Å². The van der Waals surface area contributed by atoms with Gasteiger partial charge in [0.05, 0.1) is 9.92 Å². The number of rotatable bonds is 5. The molecule has 1 heterocycles. The number of hydrogen-bond donors (Lipinski definition) is 1. The van der Waals surface area contributed by atoms with E-state index >= 15 is 0 Å². The lowest BCUT2D eigenvalue weighted by Gasteiger charge is -2.21.